The van der Waals surface area contributed by atoms with Gasteiger partial charge in [0.15, 0.2) is 0 Å². The Bertz CT molecular complexity index is 219. The quantitative estimate of drug-likeness (QED) is 0.627. The Kier molecular flexibility index (Phi) is 3.60. The van der Waals surface area contributed by atoms with Crippen molar-refractivity contribution >= 4 is 5.82 Å². The molecule has 0 atom stereocenters. The minimum absolute atomic E-state index is 0.952. The lowest BCUT2D eigenvalue weighted by atomic mass is 10.4. The summed E-state index contributed by atoms with van der Waals surface area (Å²) < 4.78 is 1.79. The molecule has 0 saturated carbocycles. The summed E-state index contributed by atoms with van der Waals surface area (Å²) in [6, 6.07) is 1.97. The first-order chi connectivity index (χ1) is 5.83. The fraction of sp³-hybridized carbons (Fsp3) is 0.625. The second-order valence-electron chi connectivity index (χ2n) is 2.76. The number of hydrogen-bond acceptors (Lipinski definition) is 3. The highest BCUT2D eigenvalue weighted by atomic mass is 15.3. The molecular weight excluding hydrogens is 152 g/mol. The van der Waals surface area contributed by atoms with E-state index in [0.717, 1.165) is 25.3 Å². The lowest BCUT2D eigenvalue weighted by Gasteiger charge is -2.01. The van der Waals surface area contributed by atoms with Crippen molar-refractivity contribution in [1.82, 2.24) is 15.1 Å². The molecule has 1 rings (SSSR count). The molecule has 2 N–H and O–H groups in total. The highest BCUT2D eigenvalue weighted by molar-refractivity contribution is 5.31. The second-order valence-corrected chi connectivity index (χ2v) is 2.76. The molecule has 12 heavy (non-hydrogen) atoms. The molecule has 4 heteroatoms. The van der Waals surface area contributed by atoms with Crippen molar-refractivity contribution in [1.29, 1.82) is 0 Å². The van der Waals surface area contributed by atoms with Crippen LogP contribution in [0.5, 0.6) is 0 Å². The standard InChI is InChI=1S/C8H16N4/c1-9-5-3-6-10-8-4-7-12(2)11-8/h4,7,9H,3,5-6H2,1-2H3,(H,10,11). The average Bonchev–Trinajstić information content (AvgIpc) is 2.45. The van der Waals surface area contributed by atoms with Crippen LogP contribution in [0.1, 0.15) is 6.42 Å². The summed E-state index contributed by atoms with van der Waals surface area (Å²) in [6.45, 7) is 2.01. The summed E-state index contributed by atoms with van der Waals surface area (Å²) in [7, 11) is 3.87. The van der Waals surface area contributed by atoms with Crippen LogP contribution in [0.25, 0.3) is 0 Å². The SMILES string of the molecule is CNCCCNc1ccn(C)n1. The Morgan fingerprint density at radius 3 is 2.92 bits per heavy atom. The van der Waals surface area contributed by atoms with Crippen LogP contribution in [0, 0.1) is 0 Å². The Morgan fingerprint density at radius 2 is 2.33 bits per heavy atom. The largest absolute Gasteiger partial charge is 0.369 e. The van der Waals surface area contributed by atoms with Crippen LogP contribution in [-0.2, 0) is 7.05 Å². The first-order valence-electron chi connectivity index (χ1n) is 4.21. The lowest BCUT2D eigenvalue weighted by molar-refractivity contribution is 0.738. The van der Waals surface area contributed by atoms with E-state index >= 15 is 0 Å². The Labute approximate surface area is 73.0 Å². The smallest absolute Gasteiger partial charge is 0.147 e. The number of aryl methyl sites for hydroxylation is 1. The lowest BCUT2D eigenvalue weighted by Crippen LogP contribution is -2.13. The Morgan fingerprint density at radius 1 is 1.50 bits per heavy atom. The molecule has 0 spiro atoms. The predicted molar refractivity (Wildman–Crippen MR) is 50.2 cm³/mol. The number of aromatic nitrogens is 2. The topological polar surface area (TPSA) is 41.9 Å². The maximum Gasteiger partial charge on any atom is 0.147 e. The van der Waals surface area contributed by atoms with Crippen molar-refractivity contribution in [3.8, 4) is 0 Å². The van der Waals surface area contributed by atoms with E-state index in [1.165, 1.54) is 0 Å². The van der Waals surface area contributed by atoms with E-state index in [9.17, 15) is 0 Å². The third kappa shape index (κ3) is 2.92. The minimum Gasteiger partial charge on any atom is -0.369 e. The Balaban J connectivity index is 2.15. The summed E-state index contributed by atoms with van der Waals surface area (Å²) in [5, 5.41) is 10.5. The van der Waals surface area contributed by atoms with Crippen LogP contribution in [-0.4, -0.2) is 29.9 Å². The van der Waals surface area contributed by atoms with E-state index in [1.807, 2.05) is 26.4 Å². The molecule has 0 aromatic carbocycles. The van der Waals surface area contributed by atoms with Gasteiger partial charge in [-0.1, -0.05) is 0 Å². The van der Waals surface area contributed by atoms with Crippen LogP contribution in [0.15, 0.2) is 12.3 Å². The predicted octanol–water partition coefficient (Wildman–Crippen LogP) is 0.441. The normalized spacial score (nSPS) is 10.2. The minimum atomic E-state index is 0.952. The molecule has 0 saturated heterocycles. The van der Waals surface area contributed by atoms with E-state index in [-0.39, 0.29) is 0 Å². The molecule has 0 unspecified atom stereocenters. The van der Waals surface area contributed by atoms with Crippen LogP contribution >= 0.6 is 0 Å². The Hall–Kier alpha value is -1.03. The summed E-state index contributed by atoms with van der Waals surface area (Å²) in [6.07, 6.45) is 3.05. The summed E-state index contributed by atoms with van der Waals surface area (Å²) >= 11 is 0. The van der Waals surface area contributed by atoms with Gasteiger partial charge in [0, 0.05) is 25.9 Å². The summed E-state index contributed by atoms with van der Waals surface area (Å²) in [5.41, 5.74) is 0. The molecule has 1 aromatic rings. The zero-order valence-electron chi connectivity index (χ0n) is 7.67. The van der Waals surface area contributed by atoms with Gasteiger partial charge in [0.2, 0.25) is 0 Å². The number of nitrogens with zero attached hydrogens (tertiary/aromatic N) is 2. The van der Waals surface area contributed by atoms with Crippen LogP contribution < -0.4 is 10.6 Å². The molecule has 0 bridgehead atoms. The van der Waals surface area contributed by atoms with Crippen LogP contribution in [0.4, 0.5) is 5.82 Å². The van der Waals surface area contributed by atoms with Gasteiger partial charge < -0.3 is 10.6 Å². The molecule has 0 aliphatic carbocycles. The fourth-order valence-corrected chi connectivity index (χ4v) is 0.991. The van der Waals surface area contributed by atoms with Gasteiger partial charge in [-0.15, -0.1) is 0 Å². The second kappa shape index (κ2) is 4.77. The van der Waals surface area contributed by atoms with E-state index in [1.54, 1.807) is 4.68 Å². The number of anilines is 1. The zero-order chi connectivity index (χ0) is 8.81. The summed E-state index contributed by atoms with van der Waals surface area (Å²) in [5.74, 6) is 0.952. The van der Waals surface area contributed by atoms with E-state index in [4.69, 9.17) is 0 Å². The first-order valence-corrected chi connectivity index (χ1v) is 4.21. The molecular formula is C8H16N4. The number of hydrogen-bond donors (Lipinski definition) is 2. The molecule has 0 aliphatic heterocycles. The number of rotatable bonds is 5. The van der Waals surface area contributed by atoms with Crippen molar-refractivity contribution in [2.75, 3.05) is 25.5 Å². The van der Waals surface area contributed by atoms with E-state index in [0.29, 0.717) is 0 Å². The molecule has 1 heterocycles. The molecule has 68 valence electrons. The van der Waals surface area contributed by atoms with Crippen molar-refractivity contribution in [3.05, 3.63) is 12.3 Å². The molecule has 1 aromatic heterocycles. The third-order valence-electron chi connectivity index (χ3n) is 1.62. The summed E-state index contributed by atoms with van der Waals surface area (Å²) in [4.78, 5) is 0. The van der Waals surface area contributed by atoms with E-state index in [2.05, 4.69) is 15.7 Å². The van der Waals surface area contributed by atoms with Crippen molar-refractivity contribution in [2.24, 2.45) is 7.05 Å². The molecule has 0 aliphatic rings. The van der Waals surface area contributed by atoms with Crippen LogP contribution in [0.3, 0.4) is 0 Å². The highest BCUT2D eigenvalue weighted by Crippen LogP contribution is 1.99. The fourth-order valence-electron chi connectivity index (χ4n) is 0.991. The van der Waals surface area contributed by atoms with Gasteiger partial charge in [-0.2, -0.15) is 5.10 Å². The molecule has 0 fully saturated rings. The van der Waals surface area contributed by atoms with E-state index < -0.39 is 0 Å². The van der Waals surface area contributed by atoms with Crippen LogP contribution in [0.2, 0.25) is 0 Å². The van der Waals surface area contributed by atoms with Gasteiger partial charge in [0.25, 0.3) is 0 Å². The van der Waals surface area contributed by atoms with Gasteiger partial charge in [0.05, 0.1) is 0 Å². The van der Waals surface area contributed by atoms with Gasteiger partial charge in [-0.3, -0.25) is 4.68 Å². The van der Waals surface area contributed by atoms with Gasteiger partial charge in [-0.25, -0.2) is 0 Å². The maximum absolute atomic E-state index is 4.19. The van der Waals surface area contributed by atoms with Gasteiger partial charge in [-0.05, 0) is 20.0 Å². The van der Waals surface area contributed by atoms with Gasteiger partial charge >= 0.3 is 0 Å². The average molecular weight is 168 g/mol. The number of nitrogens with one attached hydrogen (secondary N) is 2. The van der Waals surface area contributed by atoms with Crippen molar-refractivity contribution in [2.45, 2.75) is 6.42 Å². The zero-order valence-corrected chi connectivity index (χ0v) is 7.67. The first kappa shape index (κ1) is 9.06. The maximum atomic E-state index is 4.19. The molecule has 4 nitrogen and oxygen atoms in total. The van der Waals surface area contributed by atoms with Crippen molar-refractivity contribution < 1.29 is 0 Å². The molecule has 0 amide bonds. The molecule has 0 radical (unpaired) electrons. The highest BCUT2D eigenvalue weighted by Gasteiger charge is 1.93. The van der Waals surface area contributed by atoms with Gasteiger partial charge in [0.1, 0.15) is 5.82 Å². The monoisotopic (exact) mass is 168 g/mol. The van der Waals surface area contributed by atoms with Crippen molar-refractivity contribution in [3.63, 3.8) is 0 Å². The third-order valence-corrected chi connectivity index (χ3v) is 1.62.